The summed E-state index contributed by atoms with van der Waals surface area (Å²) in [5.41, 5.74) is 4.55. The van der Waals surface area contributed by atoms with Gasteiger partial charge in [-0.3, -0.25) is 4.79 Å². The number of nitrogens with zero attached hydrogens (tertiary/aromatic N) is 1. The topological polar surface area (TPSA) is 41.5 Å². The van der Waals surface area contributed by atoms with Crippen LogP contribution in [0.25, 0.3) is 10.8 Å². The van der Waals surface area contributed by atoms with Crippen LogP contribution >= 0.6 is 0 Å². The summed E-state index contributed by atoms with van der Waals surface area (Å²) in [4.78, 5) is 12.5. The summed E-state index contributed by atoms with van der Waals surface area (Å²) >= 11 is 0. The van der Waals surface area contributed by atoms with E-state index in [1.54, 1.807) is 0 Å². The highest BCUT2D eigenvalue weighted by Crippen LogP contribution is 2.48. The maximum absolute atomic E-state index is 12.5. The van der Waals surface area contributed by atoms with Crippen LogP contribution in [0.2, 0.25) is 0 Å². The third-order valence-corrected chi connectivity index (χ3v) is 5.64. The summed E-state index contributed by atoms with van der Waals surface area (Å²) in [5, 5.41) is 6.48. The van der Waals surface area contributed by atoms with E-state index < -0.39 is 0 Å². The van der Waals surface area contributed by atoms with E-state index in [-0.39, 0.29) is 5.91 Å². The fraction of sp³-hybridized carbons (Fsp3) is 0.400. The van der Waals surface area contributed by atoms with E-state index in [1.165, 1.54) is 25.7 Å². The van der Waals surface area contributed by atoms with E-state index in [9.17, 15) is 4.79 Å². The number of fused-ring (bicyclic) bond motifs is 3. The van der Waals surface area contributed by atoms with Gasteiger partial charge in [-0.2, -0.15) is 5.10 Å². The average molecular weight is 306 g/mol. The molecule has 2 aliphatic rings. The number of carbonyl (C=O) groups is 1. The molecule has 2 aliphatic carbocycles. The van der Waals surface area contributed by atoms with Gasteiger partial charge in [0.05, 0.1) is 0 Å². The molecule has 3 unspecified atom stereocenters. The lowest BCUT2D eigenvalue weighted by Gasteiger charge is -2.21. The minimum Gasteiger partial charge on any atom is -0.267 e. The SMILES string of the molecule is CC(=NNC(=O)c1cccc2ccccc12)C1CC2CCC1C2. The fourth-order valence-corrected chi connectivity index (χ4v) is 4.46. The van der Waals surface area contributed by atoms with Crippen LogP contribution in [0.15, 0.2) is 47.6 Å². The molecule has 2 aromatic rings. The summed E-state index contributed by atoms with van der Waals surface area (Å²) in [7, 11) is 0. The van der Waals surface area contributed by atoms with E-state index in [4.69, 9.17) is 0 Å². The minimum absolute atomic E-state index is 0.121. The van der Waals surface area contributed by atoms with Gasteiger partial charge in [0, 0.05) is 17.2 Å². The van der Waals surface area contributed by atoms with Crippen molar-refractivity contribution in [3.8, 4) is 0 Å². The van der Waals surface area contributed by atoms with Gasteiger partial charge in [-0.05, 0) is 54.9 Å². The largest absolute Gasteiger partial charge is 0.271 e. The van der Waals surface area contributed by atoms with Crippen molar-refractivity contribution in [1.29, 1.82) is 0 Å². The lowest BCUT2D eigenvalue weighted by molar-refractivity contribution is 0.0956. The van der Waals surface area contributed by atoms with Gasteiger partial charge in [0.2, 0.25) is 0 Å². The quantitative estimate of drug-likeness (QED) is 0.663. The first-order valence-corrected chi connectivity index (χ1v) is 8.54. The molecule has 3 heteroatoms. The normalized spacial score (nSPS) is 26.7. The minimum atomic E-state index is -0.121. The van der Waals surface area contributed by atoms with Gasteiger partial charge in [0.15, 0.2) is 0 Å². The average Bonchev–Trinajstić information content (AvgIpc) is 3.22. The Morgan fingerprint density at radius 1 is 1.09 bits per heavy atom. The van der Waals surface area contributed by atoms with Crippen LogP contribution in [0, 0.1) is 17.8 Å². The number of rotatable bonds is 3. The second-order valence-corrected chi connectivity index (χ2v) is 7.00. The Morgan fingerprint density at radius 2 is 1.91 bits per heavy atom. The van der Waals surface area contributed by atoms with Crippen LogP contribution in [-0.2, 0) is 0 Å². The molecule has 0 heterocycles. The molecular weight excluding hydrogens is 284 g/mol. The van der Waals surface area contributed by atoms with E-state index in [1.807, 2.05) is 42.5 Å². The van der Waals surface area contributed by atoms with Crippen molar-refractivity contribution in [3.05, 3.63) is 48.0 Å². The van der Waals surface area contributed by atoms with Crippen molar-refractivity contribution >= 4 is 22.4 Å². The number of hydrazone groups is 1. The Kier molecular flexibility index (Phi) is 3.64. The Bertz CT molecular complexity index is 775. The first kappa shape index (κ1) is 14.4. The van der Waals surface area contributed by atoms with Gasteiger partial charge in [0.25, 0.3) is 5.91 Å². The first-order valence-electron chi connectivity index (χ1n) is 8.54. The number of hydrogen-bond acceptors (Lipinski definition) is 2. The molecule has 2 fully saturated rings. The number of hydrogen-bond donors (Lipinski definition) is 1. The van der Waals surface area contributed by atoms with Crippen LogP contribution in [0.3, 0.4) is 0 Å². The second-order valence-electron chi connectivity index (χ2n) is 7.00. The maximum atomic E-state index is 12.5. The molecule has 23 heavy (non-hydrogen) atoms. The van der Waals surface area contributed by atoms with Crippen molar-refractivity contribution in [2.75, 3.05) is 0 Å². The molecule has 118 valence electrons. The lowest BCUT2D eigenvalue weighted by atomic mass is 9.86. The number of carbonyl (C=O) groups excluding carboxylic acids is 1. The smallest absolute Gasteiger partial charge is 0.267 e. The molecule has 0 aromatic heterocycles. The molecule has 0 spiro atoms. The zero-order chi connectivity index (χ0) is 15.8. The van der Waals surface area contributed by atoms with Gasteiger partial charge >= 0.3 is 0 Å². The van der Waals surface area contributed by atoms with Gasteiger partial charge in [-0.25, -0.2) is 5.43 Å². The number of nitrogens with one attached hydrogen (secondary N) is 1. The number of amides is 1. The summed E-state index contributed by atoms with van der Waals surface area (Å²) in [6, 6.07) is 13.8. The Labute approximate surface area is 136 Å². The van der Waals surface area contributed by atoms with Crippen LogP contribution in [0.4, 0.5) is 0 Å². The van der Waals surface area contributed by atoms with Crippen molar-refractivity contribution in [2.24, 2.45) is 22.9 Å². The van der Waals surface area contributed by atoms with Crippen molar-refractivity contribution < 1.29 is 4.79 Å². The molecule has 1 N–H and O–H groups in total. The molecule has 4 rings (SSSR count). The predicted molar refractivity (Wildman–Crippen MR) is 93.5 cm³/mol. The highest BCUT2D eigenvalue weighted by atomic mass is 16.2. The fourth-order valence-electron chi connectivity index (χ4n) is 4.46. The molecule has 0 radical (unpaired) electrons. The van der Waals surface area contributed by atoms with Gasteiger partial charge in [0.1, 0.15) is 0 Å². The van der Waals surface area contributed by atoms with Gasteiger partial charge in [-0.15, -0.1) is 0 Å². The van der Waals surface area contributed by atoms with Gasteiger partial charge < -0.3 is 0 Å². The summed E-state index contributed by atoms with van der Waals surface area (Å²) < 4.78 is 0. The third-order valence-electron chi connectivity index (χ3n) is 5.64. The zero-order valence-electron chi connectivity index (χ0n) is 13.5. The molecule has 1 amide bonds. The maximum Gasteiger partial charge on any atom is 0.271 e. The van der Waals surface area contributed by atoms with Gasteiger partial charge in [-0.1, -0.05) is 42.8 Å². The Balaban J connectivity index is 1.52. The molecule has 2 bridgehead atoms. The molecule has 3 atom stereocenters. The Morgan fingerprint density at radius 3 is 2.70 bits per heavy atom. The molecule has 2 aromatic carbocycles. The predicted octanol–water partition coefficient (Wildman–Crippen LogP) is 4.38. The summed E-state index contributed by atoms with van der Waals surface area (Å²) in [6.45, 7) is 2.06. The van der Waals surface area contributed by atoms with E-state index in [0.29, 0.717) is 11.5 Å². The Hall–Kier alpha value is -2.16. The van der Waals surface area contributed by atoms with Crippen molar-refractivity contribution in [2.45, 2.75) is 32.6 Å². The van der Waals surface area contributed by atoms with Crippen molar-refractivity contribution in [3.63, 3.8) is 0 Å². The molecular formula is C20H22N2O. The summed E-state index contributed by atoms with van der Waals surface area (Å²) in [5.74, 6) is 2.13. The third kappa shape index (κ3) is 2.65. The first-order chi connectivity index (χ1) is 11.2. The molecule has 0 saturated heterocycles. The van der Waals surface area contributed by atoms with Crippen LogP contribution < -0.4 is 5.43 Å². The van der Waals surface area contributed by atoms with E-state index in [2.05, 4.69) is 17.5 Å². The summed E-state index contributed by atoms with van der Waals surface area (Å²) in [6.07, 6.45) is 5.33. The monoisotopic (exact) mass is 306 g/mol. The highest BCUT2D eigenvalue weighted by Gasteiger charge is 2.40. The van der Waals surface area contributed by atoms with E-state index >= 15 is 0 Å². The lowest BCUT2D eigenvalue weighted by Crippen LogP contribution is -2.24. The van der Waals surface area contributed by atoms with Crippen LogP contribution in [0.5, 0.6) is 0 Å². The molecule has 0 aliphatic heterocycles. The molecule has 2 saturated carbocycles. The molecule has 3 nitrogen and oxygen atoms in total. The zero-order valence-corrected chi connectivity index (χ0v) is 13.5. The second kappa shape index (κ2) is 5.80. The van der Waals surface area contributed by atoms with E-state index in [0.717, 1.165) is 28.3 Å². The van der Waals surface area contributed by atoms with Crippen LogP contribution in [0.1, 0.15) is 43.0 Å². The van der Waals surface area contributed by atoms with Crippen LogP contribution in [-0.4, -0.2) is 11.6 Å². The standard InChI is InChI=1S/C20H22N2O/c1-13(19-12-14-9-10-16(19)11-14)21-22-20(23)18-8-4-6-15-5-2-3-7-17(15)18/h2-8,14,16,19H,9-12H2,1H3,(H,22,23). The highest BCUT2D eigenvalue weighted by molar-refractivity contribution is 6.07. The number of benzene rings is 2. The van der Waals surface area contributed by atoms with Crippen molar-refractivity contribution in [1.82, 2.24) is 5.43 Å².